The van der Waals surface area contributed by atoms with Crippen LogP contribution in [0.3, 0.4) is 0 Å². The minimum absolute atomic E-state index is 0.599. The van der Waals surface area contributed by atoms with Crippen LogP contribution in [-0.2, 0) is 0 Å². The van der Waals surface area contributed by atoms with Gasteiger partial charge in [0.1, 0.15) is 0 Å². The summed E-state index contributed by atoms with van der Waals surface area (Å²) < 4.78 is 0. The Morgan fingerprint density at radius 3 is 1.58 bits per heavy atom. The molecule has 0 fully saturated rings. The second-order valence-corrected chi connectivity index (χ2v) is 12.0. The molecule has 9 aromatic rings. The second-order valence-electron chi connectivity index (χ2n) is 12.0. The summed E-state index contributed by atoms with van der Waals surface area (Å²) in [7, 11) is 0. The van der Waals surface area contributed by atoms with Crippen LogP contribution in [0.2, 0.25) is 0 Å². The van der Waals surface area contributed by atoms with Gasteiger partial charge in [-0.2, -0.15) is 5.26 Å². The first-order valence-electron chi connectivity index (χ1n) is 16.3. The average Bonchev–Trinajstić information content (AvgIpc) is 3.20. The lowest BCUT2D eigenvalue weighted by molar-refractivity contribution is 1.07. The predicted molar refractivity (Wildman–Crippen MR) is 200 cm³/mol. The zero-order chi connectivity index (χ0) is 33.4. The first-order valence-corrected chi connectivity index (χ1v) is 16.3. The van der Waals surface area contributed by atoms with Gasteiger partial charge < -0.3 is 0 Å². The molecule has 0 saturated heterocycles. The molecular weight excluding hydrogens is 613 g/mol. The van der Waals surface area contributed by atoms with Crippen molar-refractivity contribution in [1.29, 1.82) is 5.26 Å². The molecule has 2 aromatic heterocycles. The van der Waals surface area contributed by atoms with Crippen LogP contribution < -0.4 is 0 Å². The summed E-state index contributed by atoms with van der Waals surface area (Å²) in [6, 6.07) is 54.7. The van der Waals surface area contributed by atoms with Crippen LogP contribution in [0, 0.1) is 11.3 Å². The van der Waals surface area contributed by atoms with Gasteiger partial charge in [0, 0.05) is 27.8 Å². The molecule has 0 unspecified atom stereocenters. The zero-order valence-corrected chi connectivity index (χ0v) is 26.7. The Morgan fingerprint density at radius 2 is 0.940 bits per heavy atom. The minimum Gasteiger partial charge on any atom is -0.244 e. The van der Waals surface area contributed by atoms with Crippen molar-refractivity contribution in [3.8, 4) is 62.7 Å². The number of benzene rings is 7. The van der Waals surface area contributed by atoms with Crippen molar-refractivity contribution in [3.05, 3.63) is 163 Å². The van der Waals surface area contributed by atoms with E-state index in [1.807, 2.05) is 109 Å². The summed E-state index contributed by atoms with van der Waals surface area (Å²) in [5.41, 5.74) is 8.41. The number of hydrogen-bond acceptors (Lipinski definition) is 6. The SMILES string of the molecule is N#Cc1ccc(-c2nc3ccccc3nc2-c2cccc3c2ccc2ccc(-c4nc(-c5ccccc5)nc(-c5ccccc5)n4)cc23)cc1. The number of aromatic nitrogens is 5. The topological polar surface area (TPSA) is 88.2 Å². The Hall–Kier alpha value is -7.10. The van der Waals surface area contributed by atoms with Crippen molar-refractivity contribution in [2.24, 2.45) is 0 Å². The van der Waals surface area contributed by atoms with E-state index < -0.39 is 0 Å². The number of nitrogens with zero attached hydrogens (tertiary/aromatic N) is 6. The van der Waals surface area contributed by atoms with Gasteiger partial charge in [0.15, 0.2) is 17.5 Å². The van der Waals surface area contributed by atoms with Crippen LogP contribution in [0.15, 0.2) is 158 Å². The van der Waals surface area contributed by atoms with Gasteiger partial charge in [0.2, 0.25) is 0 Å². The largest absolute Gasteiger partial charge is 0.244 e. The Morgan fingerprint density at radius 1 is 0.380 bits per heavy atom. The minimum atomic E-state index is 0.599. The van der Waals surface area contributed by atoms with E-state index in [9.17, 15) is 5.26 Å². The molecule has 0 bridgehead atoms. The smallest absolute Gasteiger partial charge is 0.164 e. The third-order valence-electron chi connectivity index (χ3n) is 8.95. The lowest BCUT2D eigenvalue weighted by Gasteiger charge is -2.14. The van der Waals surface area contributed by atoms with Crippen molar-refractivity contribution in [2.45, 2.75) is 0 Å². The van der Waals surface area contributed by atoms with Gasteiger partial charge in [-0.15, -0.1) is 0 Å². The summed E-state index contributed by atoms with van der Waals surface area (Å²) in [5, 5.41) is 13.7. The van der Waals surface area contributed by atoms with Crippen LogP contribution in [0.25, 0.3) is 89.3 Å². The Labute approximate surface area is 288 Å². The maximum Gasteiger partial charge on any atom is 0.164 e. The highest BCUT2D eigenvalue weighted by Crippen LogP contribution is 2.38. The van der Waals surface area contributed by atoms with Crippen molar-refractivity contribution in [1.82, 2.24) is 24.9 Å². The fourth-order valence-electron chi connectivity index (χ4n) is 6.46. The van der Waals surface area contributed by atoms with E-state index in [-0.39, 0.29) is 0 Å². The molecule has 2 heterocycles. The van der Waals surface area contributed by atoms with Crippen LogP contribution in [0.5, 0.6) is 0 Å². The molecule has 0 aliphatic carbocycles. The summed E-state index contributed by atoms with van der Waals surface area (Å²) in [4.78, 5) is 25.1. The lowest BCUT2D eigenvalue weighted by atomic mass is 9.94. The second kappa shape index (κ2) is 12.2. The number of para-hydroxylation sites is 2. The highest BCUT2D eigenvalue weighted by molar-refractivity contribution is 6.13. The van der Waals surface area contributed by atoms with E-state index in [2.05, 4.69) is 54.6 Å². The van der Waals surface area contributed by atoms with Crippen LogP contribution >= 0.6 is 0 Å². The molecule has 0 amide bonds. The standard InChI is InChI=1S/C44H26N6/c45-27-28-18-20-30(21-19-28)40-41(47-39-17-8-7-16-38(39)46-40)36-15-9-14-34-35(36)25-24-29-22-23-33(26-37(29)34)44-49-42(31-10-3-1-4-11-31)48-43(50-44)32-12-5-2-6-13-32/h1-26H. The number of nitriles is 1. The number of rotatable bonds is 5. The average molecular weight is 639 g/mol. The van der Waals surface area contributed by atoms with E-state index in [1.165, 1.54) is 0 Å². The van der Waals surface area contributed by atoms with Crippen molar-refractivity contribution >= 4 is 32.6 Å². The fourth-order valence-corrected chi connectivity index (χ4v) is 6.46. The molecule has 9 rings (SSSR count). The summed E-state index contributed by atoms with van der Waals surface area (Å²) in [6.45, 7) is 0. The first-order chi connectivity index (χ1) is 24.7. The molecule has 0 radical (unpaired) electrons. The summed E-state index contributed by atoms with van der Waals surface area (Å²) in [6.07, 6.45) is 0. The van der Waals surface area contributed by atoms with Crippen LogP contribution in [0.4, 0.5) is 0 Å². The third-order valence-corrected chi connectivity index (χ3v) is 8.95. The van der Waals surface area contributed by atoms with E-state index >= 15 is 0 Å². The molecule has 50 heavy (non-hydrogen) atoms. The fraction of sp³-hybridized carbons (Fsp3) is 0. The molecule has 6 nitrogen and oxygen atoms in total. The van der Waals surface area contributed by atoms with Gasteiger partial charge in [-0.05, 0) is 51.9 Å². The van der Waals surface area contributed by atoms with Gasteiger partial charge in [-0.25, -0.2) is 24.9 Å². The monoisotopic (exact) mass is 638 g/mol. The third kappa shape index (κ3) is 5.20. The lowest BCUT2D eigenvalue weighted by Crippen LogP contribution is -2.00. The highest BCUT2D eigenvalue weighted by atomic mass is 15.0. The van der Waals surface area contributed by atoms with E-state index in [0.29, 0.717) is 23.0 Å². The van der Waals surface area contributed by atoms with Crippen molar-refractivity contribution in [2.75, 3.05) is 0 Å². The molecular formula is C44H26N6. The van der Waals surface area contributed by atoms with Gasteiger partial charge in [0.25, 0.3) is 0 Å². The van der Waals surface area contributed by atoms with Crippen molar-refractivity contribution in [3.63, 3.8) is 0 Å². The maximum atomic E-state index is 9.41. The molecule has 232 valence electrons. The molecule has 0 spiro atoms. The zero-order valence-electron chi connectivity index (χ0n) is 26.7. The van der Waals surface area contributed by atoms with Gasteiger partial charge >= 0.3 is 0 Å². The first kappa shape index (κ1) is 29.1. The van der Waals surface area contributed by atoms with Gasteiger partial charge in [-0.3, -0.25) is 0 Å². The van der Waals surface area contributed by atoms with Gasteiger partial charge in [0.05, 0.1) is 34.1 Å². The summed E-state index contributed by atoms with van der Waals surface area (Å²) >= 11 is 0. The quantitative estimate of drug-likeness (QED) is 0.174. The number of hydrogen-bond donors (Lipinski definition) is 0. The highest BCUT2D eigenvalue weighted by Gasteiger charge is 2.18. The van der Waals surface area contributed by atoms with E-state index in [0.717, 1.165) is 71.8 Å². The molecule has 6 heteroatoms. The predicted octanol–water partition coefficient (Wildman–Crippen LogP) is 10.3. The molecule has 7 aromatic carbocycles. The van der Waals surface area contributed by atoms with Crippen LogP contribution in [-0.4, -0.2) is 24.9 Å². The van der Waals surface area contributed by atoms with Gasteiger partial charge in [-0.1, -0.05) is 127 Å². The molecule has 0 atom stereocenters. The Kier molecular flexibility index (Phi) is 7.07. The molecule has 0 aliphatic rings. The Bertz CT molecular complexity index is 2700. The summed E-state index contributed by atoms with van der Waals surface area (Å²) in [5.74, 6) is 1.86. The molecule has 0 N–H and O–H groups in total. The Balaban J connectivity index is 1.24. The number of fused-ring (bicyclic) bond motifs is 4. The maximum absolute atomic E-state index is 9.41. The van der Waals surface area contributed by atoms with E-state index in [4.69, 9.17) is 24.9 Å². The molecule has 0 aliphatic heterocycles. The van der Waals surface area contributed by atoms with Crippen LogP contribution in [0.1, 0.15) is 5.56 Å². The van der Waals surface area contributed by atoms with Crippen molar-refractivity contribution < 1.29 is 0 Å². The van der Waals surface area contributed by atoms with E-state index in [1.54, 1.807) is 0 Å². The normalized spacial score (nSPS) is 11.2. The molecule has 0 saturated carbocycles.